The molecule has 3 rings (SSSR count). The van der Waals surface area contributed by atoms with E-state index >= 15 is 0 Å². The van der Waals surface area contributed by atoms with Gasteiger partial charge in [0.2, 0.25) is 0 Å². The fourth-order valence-corrected chi connectivity index (χ4v) is 3.27. The Hall–Kier alpha value is -2.24. The number of hydrogen-bond donors (Lipinski definition) is 0. The molecule has 0 spiro atoms. The highest BCUT2D eigenvalue weighted by molar-refractivity contribution is 6.35. The van der Waals surface area contributed by atoms with Crippen LogP contribution in [0.25, 0.3) is 0 Å². The lowest BCUT2D eigenvalue weighted by Gasteiger charge is -2.37. The molecule has 5 nitrogen and oxygen atoms in total. The first-order chi connectivity index (χ1) is 12.0. The molecule has 1 aliphatic rings. The van der Waals surface area contributed by atoms with Gasteiger partial charge in [-0.05, 0) is 35.7 Å². The third-order valence-corrected chi connectivity index (χ3v) is 4.62. The molecule has 0 saturated heterocycles. The molecule has 0 N–H and O–H groups in total. The van der Waals surface area contributed by atoms with Crippen molar-refractivity contribution in [3.05, 3.63) is 63.6 Å². The number of carboxylic acids is 1. The Morgan fingerprint density at radius 3 is 2.56 bits per heavy atom. The lowest BCUT2D eigenvalue weighted by Crippen LogP contribution is -2.54. The van der Waals surface area contributed by atoms with Crippen LogP contribution in [0.1, 0.15) is 11.1 Å². The number of rotatable bonds is 4. The Morgan fingerprint density at radius 2 is 1.88 bits per heavy atom. The zero-order chi connectivity index (χ0) is 18.0. The Morgan fingerprint density at radius 1 is 1.16 bits per heavy atom. The van der Waals surface area contributed by atoms with Crippen LogP contribution in [0.3, 0.4) is 0 Å². The van der Waals surface area contributed by atoms with Gasteiger partial charge in [-0.15, -0.1) is 0 Å². The van der Waals surface area contributed by atoms with Crippen molar-refractivity contribution in [3.8, 4) is 5.75 Å². The lowest BCUT2D eigenvalue weighted by molar-refractivity contribution is -0.311. The number of amides is 1. The van der Waals surface area contributed by atoms with Crippen molar-refractivity contribution in [1.29, 1.82) is 0 Å². The summed E-state index contributed by atoms with van der Waals surface area (Å²) in [5.41, 5.74) is 1.82. The number of hydrogen-bond acceptors (Lipinski definition) is 4. The third kappa shape index (κ3) is 3.89. The molecule has 2 aromatic rings. The van der Waals surface area contributed by atoms with Crippen LogP contribution in [0, 0.1) is 0 Å². The molecule has 0 radical (unpaired) electrons. The van der Waals surface area contributed by atoms with Crippen molar-refractivity contribution < 1.29 is 19.4 Å². The van der Waals surface area contributed by atoms with Gasteiger partial charge in [-0.3, -0.25) is 4.79 Å². The molecule has 2 aromatic carbocycles. The van der Waals surface area contributed by atoms with E-state index in [1.54, 1.807) is 12.1 Å². The van der Waals surface area contributed by atoms with Gasteiger partial charge >= 0.3 is 0 Å². The quantitative estimate of drug-likeness (QED) is 0.816. The summed E-state index contributed by atoms with van der Waals surface area (Å²) in [5, 5.41) is 12.2. The number of ether oxygens (including phenoxy) is 1. The highest BCUT2D eigenvalue weighted by atomic mass is 35.5. The fourth-order valence-electron chi connectivity index (χ4n) is 2.81. The van der Waals surface area contributed by atoms with Gasteiger partial charge < -0.3 is 19.5 Å². The minimum absolute atomic E-state index is 0.200. The lowest BCUT2D eigenvalue weighted by atomic mass is 9.94. The Kier molecular flexibility index (Phi) is 5.16. The number of benzene rings is 2. The average Bonchev–Trinajstić information content (AvgIpc) is 2.59. The van der Waals surface area contributed by atoms with Gasteiger partial charge in [0.05, 0.1) is 17.0 Å². The van der Waals surface area contributed by atoms with Crippen molar-refractivity contribution in [2.75, 3.05) is 6.61 Å². The second-order valence-corrected chi connectivity index (χ2v) is 6.54. The first-order valence-corrected chi connectivity index (χ1v) is 8.36. The van der Waals surface area contributed by atoms with E-state index in [1.807, 2.05) is 24.3 Å². The standard InChI is InChI=1S/C18H15Cl2NO4/c19-13-5-6-16(14(20)8-13)25-10-17(22)21-9-12-4-2-1-3-11(12)7-15(21)18(23)24/h1-6,8,15H,7,9-10H2,(H,23,24)/p-1/t15-/m1/s1. The Balaban J connectivity index is 1.74. The highest BCUT2D eigenvalue weighted by Crippen LogP contribution is 2.28. The summed E-state index contributed by atoms with van der Waals surface area (Å²) in [7, 11) is 0. The first kappa shape index (κ1) is 17.6. The smallest absolute Gasteiger partial charge is 0.261 e. The number of carboxylic acid groups (broad SMARTS) is 1. The zero-order valence-corrected chi connectivity index (χ0v) is 14.6. The van der Waals surface area contributed by atoms with Gasteiger partial charge in [-0.2, -0.15) is 0 Å². The van der Waals surface area contributed by atoms with Gasteiger partial charge in [-0.1, -0.05) is 47.5 Å². The minimum Gasteiger partial charge on any atom is -0.548 e. The molecular weight excluding hydrogens is 365 g/mol. The number of nitrogens with zero attached hydrogens (tertiary/aromatic N) is 1. The van der Waals surface area contributed by atoms with Crippen molar-refractivity contribution >= 4 is 35.1 Å². The van der Waals surface area contributed by atoms with Gasteiger partial charge in [0, 0.05) is 11.6 Å². The van der Waals surface area contributed by atoms with Crippen molar-refractivity contribution in [1.82, 2.24) is 4.90 Å². The summed E-state index contributed by atoms with van der Waals surface area (Å²) in [6, 6.07) is 11.1. The third-order valence-electron chi connectivity index (χ3n) is 4.09. The van der Waals surface area contributed by atoms with Gasteiger partial charge in [0.15, 0.2) is 6.61 Å². The molecule has 0 aliphatic carbocycles. The molecule has 0 saturated carbocycles. The fraction of sp³-hybridized carbons (Fsp3) is 0.222. The second-order valence-electron chi connectivity index (χ2n) is 5.69. The summed E-state index contributed by atoms with van der Waals surface area (Å²) in [6.07, 6.45) is 0.214. The maximum Gasteiger partial charge on any atom is 0.261 e. The van der Waals surface area contributed by atoms with Crippen LogP contribution in [-0.4, -0.2) is 29.4 Å². The predicted molar refractivity (Wildman–Crippen MR) is 91.4 cm³/mol. The van der Waals surface area contributed by atoms with Crippen LogP contribution < -0.4 is 9.84 Å². The minimum atomic E-state index is -1.28. The normalized spacial score (nSPS) is 16.2. The van der Waals surface area contributed by atoms with E-state index in [2.05, 4.69) is 0 Å². The second kappa shape index (κ2) is 7.33. The molecular formula is C18H14Cl2NO4-. The van der Waals surface area contributed by atoms with E-state index in [-0.39, 0.29) is 24.6 Å². The van der Waals surface area contributed by atoms with E-state index in [9.17, 15) is 14.7 Å². The van der Waals surface area contributed by atoms with E-state index in [0.29, 0.717) is 10.8 Å². The topological polar surface area (TPSA) is 69.7 Å². The summed E-state index contributed by atoms with van der Waals surface area (Å²) in [5.74, 6) is -1.43. The monoisotopic (exact) mass is 378 g/mol. The molecule has 0 unspecified atom stereocenters. The average molecular weight is 379 g/mol. The summed E-state index contributed by atoms with van der Waals surface area (Å²) < 4.78 is 5.43. The SMILES string of the molecule is O=C([O-])[C@H]1Cc2ccccc2CN1C(=O)COc1ccc(Cl)cc1Cl. The van der Waals surface area contributed by atoms with Crippen LogP contribution in [-0.2, 0) is 22.6 Å². The number of carbonyl (C=O) groups excluding carboxylic acids is 2. The molecule has 1 atom stereocenters. The highest BCUT2D eigenvalue weighted by Gasteiger charge is 2.30. The zero-order valence-electron chi connectivity index (χ0n) is 13.1. The van der Waals surface area contributed by atoms with E-state index in [1.165, 1.54) is 11.0 Å². The van der Waals surface area contributed by atoms with Gasteiger partial charge in [0.25, 0.3) is 5.91 Å². The molecule has 0 aromatic heterocycles. The van der Waals surface area contributed by atoms with Crippen molar-refractivity contribution in [2.24, 2.45) is 0 Å². The largest absolute Gasteiger partial charge is 0.548 e. The number of fused-ring (bicyclic) bond motifs is 1. The molecule has 25 heavy (non-hydrogen) atoms. The maximum atomic E-state index is 12.5. The molecule has 1 aliphatic heterocycles. The molecule has 7 heteroatoms. The molecule has 130 valence electrons. The molecule has 1 amide bonds. The van der Waals surface area contributed by atoms with Crippen molar-refractivity contribution in [2.45, 2.75) is 19.0 Å². The van der Waals surface area contributed by atoms with Crippen LogP contribution in [0.15, 0.2) is 42.5 Å². The van der Waals surface area contributed by atoms with Crippen LogP contribution in [0.2, 0.25) is 10.0 Å². The van der Waals surface area contributed by atoms with Gasteiger partial charge in [0.1, 0.15) is 5.75 Å². The van der Waals surface area contributed by atoms with Gasteiger partial charge in [-0.25, -0.2) is 0 Å². The predicted octanol–water partition coefficient (Wildman–Crippen LogP) is 2.08. The summed E-state index contributed by atoms with van der Waals surface area (Å²) in [6.45, 7) is -0.126. The van der Waals surface area contributed by atoms with Crippen molar-refractivity contribution in [3.63, 3.8) is 0 Å². The van der Waals surface area contributed by atoms with Crippen LogP contribution in [0.5, 0.6) is 5.75 Å². The van der Waals surface area contributed by atoms with E-state index in [0.717, 1.165) is 11.1 Å². The Bertz CT molecular complexity index is 824. The number of halogens is 2. The molecule has 0 bridgehead atoms. The summed E-state index contributed by atoms with van der Waals surface area (Å²) in [4.78, 5) is 25.2. The van der Waals surface area contributed by atoms with Crippen LogP contribution in [0.4, 0.5) is 0 Å². The van der Waals surface area contributed by atoms with E-state index in [4.69, 9.17) is 27.9 Å². The number of carbonyl (C=O) groups is 2. The van der Waals surface area contributed by atoms with E-state index < -0.39 is 17.9 Å². The molecule has 0 fully saturated rings. The first-order valence-electron chi connectivity index (χ1n) is 7.60. The Labute approximate surface area is 154 Å². The molecule has 1 heterocycles. The maximum absolute atomic E-state index is 12.5. The summed E-state index contributed by atoms with van der Waals surface area (Å²) >= 11 is 11.8. The van der Waals surface area contributed by atoms with Crippen LogP contribution >= 0.6 is 23.2 Å². The number of aliphatic carboxylic acids is 1.